The Bertz CT molecular complexity index is 775. The summed E-state index contributed by atoms with van der Waals surface area (Å²) in [6.45, 7) is 8.21. The summed E-state index contributed by atoms with van der Waals surface area (Å²) in [6, 6.07) is 0. The van der Waals surface area contributed by atoms with Crippen LogP contribution in [0.3, 0.4) is 0 Å². The van der Waals surface area contributed by atoms with Crippen molar-refractivity contribution >= 4 is 11.5 Å². The van der Waals surface area contributed by atoms with Crippen LogP contribution in [-0.2, 0) is 9.63 Å². The van der Waals surface area contributed by atoms with Gasteiger partial charge in [-0.1, -0.05) is 18.7 Å². The average Bonchev–Trinajstić information content (AvgIpc) is 3.35. The number of nitrogens with one attached hydrogen (secondary N) is 1. The van der Waals surface area contributed by atoms with Gasteiger partial charge in [0.2, 0.25) is 0 Å². The number of hydrogen-bond acceptors (Lipinski definition) is 6. The first-order valence-electron chi connectivity index (χ1n) is 11.8. The van der Waals surface area contributed by atoms with Crippen molar-refractivity contribution in [2.24, 2.45) is 33.7 Å². The van der Waals surface area contributed by atoms with Gasteiger partial charge in [-0.2, -0.15) is 0 Å². The summed E-state index contributed by atoms with van der Waals surface area (Å²) < 4.78 is 0. The molecule has 5 rings (SSSR count). The molecule has 0 aromatic rings. The second kappa shape index (κ2) is 7.14. The lowest BCUT2D eigenvalue weighted by atomic mass is 9.42. The molecule has 4 aliphatic carbocycles. The van der Waals surface area contributed by atoms with E-state index < -0.39 is 11.0 Å². The number of carbonyl (C=O) groups is 1. The normalized spacial score (nSPS) is 49.6. The molecule has 0 radical (unpaired) electrons. The van der Waals surface area contributed by atoms with E-state index in [0.717, 1.165) is 62.9 Å². The van der Waals surface area contributed by atoms with Crippen LogP contribution >= 0.6 is 0 Å². The maximum atomic E-state index is 12.7. The number of nitrogens with zero attached hydrogens (tertiary/aromatic N) is 1. The largest absolute Gasteiger partial charge is 0.396 e. The molecule has 7 unspecified atom stereocenters. The number of rotatable bonds is 3. The van der Waals surface area contributed by atoms with Gasteiger partial charge in [-0.25, -0.2) is 0 Å². The summed E-state index contributed by atoms with van der Waals surface area (Å²) in [4.78, 5) is 18.4. The minimum Gasteiger partial charge on any atom is -0.396 e. The van der Waals surface area contributed by atoms with Crippen LogP contribution in [0.4, 0.5) is 0 Å². The number of aliphatic hydroxyl groups excluding tert-OH is 1. The molecule has 0 amide bonds. The summed E-state index contributed by atoms with van der Waals surface area (Å²) in [5.41, 5.74) is -0.263. The van der Waals surface area contributed by atoms with Crippen LogP contribution in [0.1, 0.15) is 64.7 Å². The molecule has 166 valence electrons. The zero-order chi connectivity index (χ0) is 21.1. The van der Waals surface area contributed by atoms with E-state index in [1.807, 2.05) is 0 Å². The Balaban J connectivity index is 1.43. The molecule has 1 aliphatic heterocycles. The molecule has 5 aliphatic rings. The number of fused-ring (bicyclic) bond motifs is 5. The smallest absolute Gasteiger partial charge is 0.141 e. The predicted octanol–water partition coefficient (Wildman–Crippen LogP) is 2.59. The number of carbonyl (C=O) groups excluding carboxylic acids is 1. The third kappa shape index (κ3) is 2.72. The molecule has 7 atom stereocenters. The van der Waals surface area contributed by atoms with Crippen molar-refractivity contribution in [2.45, 2.75) is 76.4 Å². The Morgan fingerprint density at radius 1 is 1.23 bits per heavy atom. The summed E-state index contributed by atoms with van der Waals surface area (Å²) in [6.07, 6.45) is 7.04. The Labute approximate surface area is 179 Å². The molecule has 0 spiro atoms. The van der Waals surface area contributed by atoms with Crippen LogP contribution in [0.5, 0.6) is 0 Å². The highest BCUT2D eigenvalue weighted by Gasteiger charge is 2.67. The van der Waals surface area contributed by atoms with Gasteiger partial charge < -0.3 is 20.4 Å². The van der Waals surface area contributed by atoms with E-state index in [1.54, 1.807) is 0 Å². The quantitative estimate of drug-likeness (QED) is 0.486. The maximum absolute atomic E-state index is 12.7. The minimum absolute atomic E-state index is 0.0399. The summed E-state index contributed by atoms with van der Waals surface area (Å²) >= 11 is 0. The molecule has 1 heterocycles. The molecule has 6 heteroatoms. The fourth-order valence-corrected chi connectivity index (χ4v) is 7.86. The van der Waals surface area contributed by atoms with E-state index in [2.05, 4.69) is 24.0 Å². The van der Waals surface area contributed by atoms with Crippen LogP contribution in [0.25, 0.3) is 0 Å². The SMILES string of the molecule is C=C1CC2C3CCC(=O)C3(C)CCC2C2(CO)CCC(=NOC3CCNC3)CC12O. The lowest BCUT2D eigenvalue weighted by Crippen LogP contribution is -2.66. The van der Waals surface area contributed by atoms with Gasteiger partial charge in [0.15, 0.2) is 0 Å². The first kappa shape index (κ1) is 20.7. The molecule has 30 heavy (non-hydrogen) atoms. The standard InChI is InChI=1S/C24H36N2O4/c1-15-11-18-19-3-4-21(28)22(19,2)8-6-20(18)23(14-27)9-5-16(12-24(15,23)29)26-30-17-7-10-25-13-17/h17-20,25,27,29H,1,3-14H2,2H3. The molecule has 5 fully saturated rings. The Kier molecular flexibility index (Phi) is 4.92. The summed E-state index contributed by atoms with van der Waals surface area (Å²) in [7, 11) is 0. The summed E-state index contributed by atoms with van der Waals surface area (Å²) in [5, 5.41) is 30.4. The van der Waals surface area contributed by atoms with Crippen LogP contribution in [-0.4, -0.2) is 53.1 Å². The first-order chi connectivity index (χ1) is 14.3. The van der Waals surface area contributed by atoms with Crippen LogP contribution in [0, 0.1) is 28.6 Å². The van der Waals surface area contributed by atoms with Crippen molar-refractivity contribution in [3.8, 4) is 0 Å². The number of hydrogen-bond donors (Lipinski definition) is 3. The van der Waals surface area contributed by atoms with Crippen LogP contribution in [0.2, 0.25) is 0 Å². The Morgan fingerprint density at radius 2 is 2.07 bits per heavy atom. The molecule has 0 bridgehead atoms. The van der Waals surface area contributed by atoms with E-state index in [1.165, 1.54) is 0 Å². The molecule has 0 aromatic carbocycles. The van der Waals surface area contributed by atoms with Crippen molar-refractivity contribution < 1.29 is 19.8 Å². The average molecular weight is 417 g/mol. The molecule has 3 N–H and O–H groups in total. The lowest BCUT2D eigenvalue weighted by Gasteiger charge is -2.63. The number of aliphatic hydroxyl groups is 2. The predicted molar refractivity (Wildman–Crippen MR) is 114 cm³/mol. The van der Waals surface area contributed by atoms with Gasteiger partial charge in [0.1, 0.15) is 11.9 Å². The third-order valence-electron chi connectivity index (χ3n) is 9.69. The second-order valence-electron chi connectivity index (χ2n) is 10.8. The Morgan fingerprint density at radius 3 is 2.80 bits per heavy atom. The second-order valence-corrected chi connectivity index (χ2v) is 10.8. The number of Topliss-reactive ketones (excluding diaryl/α,β-unsaturated/α-hetero) is 1. The minimum atomic E-state index is -1.15. The van der Waals surface area contributed by atoms with Gasteiger partial charge in [0.25, 0.3) is 0 Å². The topological polar surface area (TPSA) is 91.2 Å². The lowest BCUT2D eigenvalue weighted by molar-refractivity contribution is -0.184. The van der Waals surface area contributed by atoms with Gasteiger partial charge in [-0.3, -0.25) is 4.79 Å². The van der Waals surface area contributed by atoms with Gasteiger partial charge in [0.05, 0.1) is 17.9 Å². The maximum Gasteiger partial charge on any atom is 0.141 e. The van der Waals surface area contributed by atoms with Gasteiger partial charge >= 0.3 is 0 Å². The molecular formula is C24H36N2O4. The van der Waals surface area contributed by atoms with Gasteiger partial charge in [-0.05, 0) is 68.4 Å². The molecule has 0 aromatic heterocycles. The van der Waals surface area contributed by atoms with E-state index in [0.29, 0.717) is 36.9 Å². The highest BCUT2D eigenvalue weighted by Crippen LogP contribution is 2.67. The van der Waals surface area contributed by atoms with Crippen LogP contribution in [0.15, 0.2) is 17.3 Å². The highest BCUT2D eigenvalue weighted by molar-refractivity contribution is 5.88. The van der Waals surface area contributed by atoms with E-state index in [9.17, 15) is 15.0 Å². The fourth-order valence-electron chi connectivity index (χ4n) is 7.86. The highest BCUT2D eigenvalue weighted by atomic mass is 16.6. The van der Waals surface area contributed by atoms with Crippen molar-refractivity contribution in [2.75, 3.05) is 19.7 Å². The molecule has 4 saturated carbocycles. The number of oxime groups is 1. The first-order valence-corrected chi connectivity index (χ1v) is 11.8. The van der Waals surface area contributed by atoms with E-state index in [4.69, 9.17) is 4.84 Å². The monoisotopic (exact) mass is 416 g/mol. The van der Waals surface area contributed by atoms with E-state index >= 15 is 0 Å². The van der Waals surface area contributed by atoms with Crippen molar-refractivity contribution in [3.05, 3.63) is 12.2 Å². The summed E-state index contributed by atoms with van der Waals surface area (Å²) in [5.74, 6) is 1.31. The van der Waals surface area contributed by atoms with E-state index in [-0.39, 0.29) is 24.0 Å². The van der Waals surface area contributed by atoms with Crippen molar-refractivity contribution in [1.82, 2.24) is 5.32 Å². The zero-order valence-electron chi connectivity index (χ0n) is 18.2. The molecule has 1 saturated heterocycles. The van der Waals surface area contributed by atoms with Gasteiger partial charge in [0, 0.05) is 36.6 Å². The molecular weight excluding hydrogens is 380 g/mol. The van der Waals surface area contributed by atoms with Crippen molar-refractivity contribution in [1.29, 1.82) is 0 Å². The Hall–Kier alpha value is -1.24. The zero-order valence-corrected chi connectivity index (χ0v) is 18.2. The van der Waals surface area contributed by atoms with Crippen molar-refractivity contribution in [3.63, 3.8) is 0 Å². The van der Waals surface area contributed by atoms with Gasteiger partial charge in [-0.15, -0.1) is 0 Å². The fraction of sp³-hybridized carbons (Fsp3) is 0.833. The van der Waals surface area contributed by atoms with Crippen LogP contribution < -0.4 is 5.32 Å². The third-order valence-corrected chi connectivity index (χ3v) is 9.69. The molecule has 6 nitrogen and oxygen atoms in total. The number of ketones is 1.